The van der Waals surface area contributed by atoms with Gasteiger partial charge in [0.2, 0.25) is 0 Å². The van der Waals surface area contributed by atoms with E-state index in [9.17, 15) is 9.59 Å². The first-order chi connectivity index (χ1) is 10.2. The highest BCUT2D eigenvalue weighted by Crippen LogP contribution is 2.04. The van der Waals surface area contributed by atoms with Gasteiger partial charge in [-0.15, -0.1) is 0 Å². The summed E-state index contributed by atoms with van der Waals surface area (Å²) >= 11 is 0. The molecule has 0 unspecified atom stereocenters. The van der Waals surface area contributed by atoms with Crippen LogP contribution in [0.1, 0.15) is 12.5 Å². The molecule has 1 aliphatic rings. The monoisotopic (exact) mass is 292 g/mol. The number of rotatable bonds is 4. The molecular weight excluding hydrogens is 272 g/mol. The van der Waals surface area contributed by atoms with Gasteiger partial charge < -0.3 is 14.4 Å². The smallest absolute Gasteiger partial charge is 0.324 e. The number of carbonyl (C=O) groups is 2. The molecular formula is C15H20N2O4. The Balaban J connectivity index is 1.75. The van der Waals surface area contributed by atoms with Gasteiger partial charge in [0.15, 0.2) is 0 Å². The lowest BCUT2D eigenvalue weighted by atomic mass is 10.2. The van der Waals surface area contributed by atoms with Crippen molar-refractivity contribution in [1.29, 1.82) is 0 Å². The molecule has 0 radical (unpaired) electrons. The van der Waals surface area contributed by atoms with E-state index in [-0.39, 0.29) is 0 Å². The highest BCUT2D eigenvalue weighted by molar-refractivity contribution is 5.96. The van der Waals surface area contributed by atoms with Crippen LogP contribution in [0.2, 0.25) is 0 Å². The minimum absolute atomic E-state index is 0.334. The molecule has 1 aromatic rings. The van der Waals surface area contributed by atoms with Crippen molar-refractivity contribution in [2.45, 2.75) is 19.6 Å². The Labute approximate surface area is 124 Å². The van der Waals surface area contributed by atoms with Gasteiger partial charge in [0.1, 0.15) is 6.10 Å². The number of hydrogen-bond donors (Lipinski definition) is 1. The Hall–Kier alpha value is -1.92. The van der Waals surface area contributed by atoms with Crippen LogP contribution in [0.4, 0.5) is 4.79 Å². The summed E-state index contributed by atoms with van der Waals surface area (Å²) in [4.78, 5) is 25.3. The molecule has 6 nitrogen and oxygen atoms in total. The highest BCUT2D eigenvalue weighted by Gasteiger charge is 2.21. The minimum atomic E-state index is -0.685. The van der Waals surface area contributed by atoms with Gasteiger partial charge in [0, 0.05) is 13.1 Å². The molecule has 1 aliphatic heterocycles. The fraction of sp³-hybridized carbons (Fsp3) is 0.467. The van der Waals surface area contributed by atoms with Crippen LogP contribution in [0, 0.1) is 0 Å². The van der Waals surface area contributed by atoms with Crippen LogP contribution in [0.3, 0.4) is 0 Å². The van der Waals surface area contributed by atoms with Crippen molar-refractivity contribution < 1.29 is 19.1 Å². The lowest BCUT2D eigenvalue weighted by molar-refractivity contribution is -0.131. The lowest BCUT2D eigenvalue weighted by Gasteiger charge is -2.27. The lowest BCUT2D eigenvalue weighted by Crippen LogP contribution is -2.50. The number of hydrogen-bond acceptors (Lipinski definition) is 4. The second kappa shape index (κ2) is 7.75. The zero-order valence-corrected chi connectivity index (χ0v) is 12.1. The van der Waals surface area contributed by atoms with Crippen molar-refractivity contribution in [3.8, 4) is 0 Å². The summed E-state index contributed by atoms with van der Waals surface area (Å²) in [6.07, 6.45) is -0.685. The number of nitrogens with zero attached hydrogens (tertiary/aromatic N) is 1. The van der Waals surface area contributed by atoms with E-state index in [1.54, 1.807) is 11.8 Å². The normalized spacial score (nSPS) is 16.3. The molecule has 0 bridgehead atoms. The predicted octanol–water partition coefficient (Wildman–Crippen LogP) is 1.16. The van der Waals surface area contributed by atoms with Gasteiger partial charge >= 0.3 is 6.03 Å². The van der Waals surface area contributed by atoms with Crippen molar-refractivity contribution in [3.63, 3.8) is 0 Å². The molecule has 6 heteroatoms. The van der Waals surface area contributed by atoms with Crippen LogP contribution < -0.4 is 5.32 Å². The number of ether oxygens (including phenoxy) is 2. The van der Waals surface area contributed by atoms with Crippen LogP contribution in [0.15, 0.2) is 30.3 Å². The fourth-order valence-corrected chi connectivity index (χ4v) is 1.92. The predicted molar refractivity (Wildman–Crippen MR) is 76.6 cm³/mol. The fourth-order valence-electron chi connectivity index (χ4n) is 1.92. The Morgan fingerprint density at radius 1 is 1.29 bits per heavy atom. The Bertz CT molecular complexity index is 472. The van der Waals surface area contributed by atoms with E-state index in [1.165, 1.54) is 0 Å². The van der Waals surface area contributed by atoms with E-state index in [4.69, 9.17) is 9.47 Å². The quantitative estimate of drug-likeness (QED) is 0.904. The summed E-state index contributed by atoms with van der Waals surface area (Å²) in [5, 5.41) is 2.35. The Morgan fingerprint density at radius 2 is 1.95 bits per heavy atom. The number of carbonyl (C=O) groups excluding carboxylic acids is 2. The third-order valence-electron chi connectivity index (χ3n) is 3.24. The number of morpholine rings is 1. The summed E-state index contributed by atoms with van der Waals surface area (Å²) in [7, 11) is 0. The van der Waals surface area contributed by atoms with Gasteiger partial charge in [-0.1, -0.05) is 30.3 Å². The van der Waals surface area contributed by atoms with Crippen LogP contribution >= 0.6 is 0 Å². The van der Waals surface area contributed by atoms with Crippen LogP contribution in [0.25, 0.3) is 0 Å². The molecule has 0 saturated carbocycles. The first kappa shape index (κ1) is 15.5. The topological polar surface area (TPSA) is 67.9 Å². The molecule has 2 rings (SSSR count). The third kappa shape index (κ3) is 4.84. The molecule has 1 saturated heterocycles. The molecule has 0 spiro atoms. The number of urea groups is 1. The summed E-state index contributed by atoms with van der Waals surface area (Å²) < 4.78 is 10.6. The maximum absolute atomic E-state index is 11.9. The molecule has 3 amide bonds. The van der Waals surface area contributed by atoms with E-state index < -0.39 is 18.0 Å². The summed E-state index contributed by atoms with van der Waals surface area (Å²) in [6.45, 7) is 3.96. The summed E-state index contributed by atoms with van der Waals surface area (Å²) in [6, 6.07) is 9.18. The first-order valence-electron chi connectivity index (χ1n) is 7.00. The second-order valence-corrected chi connectivity index (χ2v) is 4.83. The molecule has 114 valence electrons. The van der Waals surface area contributed by atoms with Crippen molar-refractivity contribution in [1.82, 2.24) is 10.2 Å². The molecule has 1 heterocycles. The van der Waals surface area contributed by atoms with Crippen molar-refractivity contribution in [2.75, 3.05) is 26.3 Å². The number of amides is 3. The standard InChI is InChI=1S/C15H20N2O4/c1-12(21-11-13-5-3-2-4-6-13)14(18)16-15(19)17-7-9-20-10-8-17/h2-6,12H,7-11H2,1H3,(H,16,18,19)/t12-/m1/s1. The summed E-state index contributed by atoms with van der Waals surface area (Å²) in [5.74, 6) is -0.428. The Kier molecular flexibility index (Phi) is 5.71. The van der Waals surface area contributed by atoms with Gasteiger partial charge in [-0.25, -0.2) is 4.79 Å². The zero-order chi connectivity index (χ0) is 15.1. The van der Waals surface area contributed by atoms with Crippen molar-refractivity contribution in [2.24, 2.45) is 0 Å². The van der Waals surface area contributed by atoms with E-state index in [0.29, 0.717) is 32.9 Å². The Morgan fingerprint density at radius 3 is 2.62 bits per heavy atom. The van der Waals surface area contributed by atoms with Gasteiger partial charge in [0.25, 0.3) is 5.91 Å². The van der Waals surface area contributed by atoms with Crippen molar-refractivity contribution in [3.05, 3.63) is 35.9 Å². The van der Waals surface area contributed by atoms with E-state index in [0.717, 1.165) is 5.56 Å². The van der Waals surface area contributed by atoms with Gasteiger partial charge in [-0.2, -0.15) is 0 Å². The number of benzene rings is 1. The van der Waals surface area contributed by atoms with Crippen LogP contribution in [0.5, 0.6) is 0 Å². The summed E-state index contributed by atoms with van der Waals surface area (Å²) in [5.41, 5.74) is 0.983. The van der Waals surface area contributed by atoms with Crippen molar-refractivity contribution >= 4 is 11.9 Å². The van der Waals surface area contributed by atoms with Gasteiger partial charge in [-0.3, -0.25) is 10.1 Å². The SMILES string of the molecule is C[C@@H](OCc1ccccc1)C(=O)NC(=O)N1CCOCC1. The van der Waals surface area contributed by atoms with Crippen LogP contribution in [-0.2, 0) is 20.9 Å². The molecule has 1 atom stereocenters. The van der Waals surface area contributed by atoms with Gasteiger partial charge in [-0.05, 0) is 12.5 Å². The highest BCUT2D eigenvalue weighted by atomic mass is 16.5. The largest absolute Gasteiger partial charge is 0.378 e. The van der Waals surface area contributed by atoms with E-state index in [2.05, 4.69) is 5.32 Å². The number of nitrogens with one attached hydrogen (secondary N) is 1. The second-order valence-electron chi connectivity index (χ2n) is 4.83. The maximum atomic E-state index is 11.9. The molecule has 1 aromatic carbocycles. The van der Waals surface area contributed by atoms with E-state index in [1.807, 2.05) is 30.3 Å². The minimum Gasteiger partial charge on any atom is -0.378 e. The zero-order valence-electron chi connectivity index (χ0n) is 12.1. The maximum Gasteiger partial charge on any atom is 0.324 e. The van der Waals surface area contributed by atoms with Crippen LogP contribution in [-0.4, -0.2) is 49.2 Å². The number of imide groups is 1. The molecule has 1 fully saturated rings. The van der Waals surface area contributed by atoms with Gasteiger partial charge in [0.05, 0.1) is 19.8 Å². The third-order valence-corrected chi connectivity index (χ3v) is 3.24. The average Bonchev–Trinajstić information content (AvgIpc) is 2.54. The molecule has 21 heavy (non-hydrogen) atoms. The molecule has 1 N–H and O–H groups in total. The molecule has 0 aliphatic carbocycles. The average molecular weight is 292 g/mol. The molecule has 0 aromatic heterocycles. The first-order valence-corrected chi connectivity index (χ1v) is 7.00. The van der Waals surface area contributed by atoms with E-state index >= 15 is 0 Å².